The van der Waals surface area contributed by atoms with Crippen LogP contribution in [0.25, 0.3) is 0 Å². The van der Waals surface area contributed by atoms with Gasteiger partial charge in [-0.2, -0.15) is 0 Å². The van der Waals surface area contributed by atoms with Crippen molar-refractivity contribution in [3.63, 3.8) is 0 Å². The zero-order chi connectivity index (χ0) is 15.2. The minimum Gasteiger partial charge on any atom is -0.372 e. The Morgan fingerprint density at radius 1 is 1.33 bits per heavy atom. The van der Waals surface area contributed by atoms with E-state index in [-0.39, 0.29) is 11.9 Å². The number of carbonyl (C=O) groups is 1. The van der Waals surface area contributed by atoms with Gasteiger partial charge in [0.25, 0.3) is 5.91 Å². The first-order chi connectivity index (χ1) is 10.2. The number of nitrogens with zero attached hydrogens (tertiary/aromatic N) is 1. The van der Waals surface area contributed by atoms with Gasteiger partial charge in [0, 0.05) is 36.9 Å². The van der Waals surface area contributed by atoms with Gasteiger partial charge in [0.05, 0.1) is 0 Å². The van der Waals surface area contributed by atoms with Crippen LogP contribution in [-0.4, -0.2) is 31.6 Å². The molecule has 0 saturated heterocycles. The van der Waals surface area contributed by atoms with Crippen molar-refractivity contribution in [2.45, 2.75) is 39.2 Å². The first-order valence-corrected chi connectivity index (χ1v) is 8.04. The van der Waals surface area contributed by atoms with Crippen LogP contribution in [0.4, 0.5) is 5.69 Å². The summed E-state index contributed by atoms with van der Waals surface area (Å²) in [6.45, 7) is 6.92. The molecule has 1 fully saturated rings. The summed E-state index contributed by atoms with van der Waals surface area (Å²) in [5.74, 6) is 0.580. The maximum Gasteiger partial charge on any atom is 0.251 e. The molecule has 1 aliphatic rings. The van der Waals surface area contributed by atoms with Crippen LogP contribution in [-0.2, 0) is 0 Å². The van der Waals surface area contributed by atoms with E-state index in [4.69, 9.17) is 5.73 Å². The summed E-state index contributed by atoms with van der Waals surface area (Å²) < 4.78 is 0. The van der Waals surface area contributed by atoms with Gasteiger partial charge in [0.15, 0.2) is 0 Å². The Labute approximate surface area is 127 Å². The largest absolute Gasteiger partial charge is 0.372 e. The van der Waals surface area contributed by atoms with Crippen LogP contribution >= 0.6 is 0 Å². The van der Waals surface area contributed by atoms with Gasteiger partial charge in [-0.1, -0.05) is 6.92 Å². The molecule has 0 aliphatic heterocycles. The molecule has 3 N–H and O–H groups in total. The van der Waals surface area contributed by atoms with Crippen molar-refractivity contribution < 1.29 is 4.79 Å². The standard InChI is InChI=1S/C17H27N3O/c1-3-11-20(4-2)15-9-7-14(8-10-15)17(21)19-12-16(18)13-5-6-13/h7-10,13,16H,3-6,11-12,18H2,1-2H3,(H,19,21). The van der Waals surface area contributed by atoms with Crippen LogP contribution < -0.4 is 16.0 Å². The van der Waals surface area contributed by atoms with Crippen molar-refractivity contribution >= 4 is 11.6 Å². The molecule has 21 heavy (non-hydrogen) atoms. The number of hydrogen-bond donors (Lipinski definition) is 2. The fourth-order valence-corrected chi connectivity index (χ4v) is 2.57. The van der Waals surface area contributed by atoms with Gasteiger partial charge in [0.2, 0.25) is 0 Å². The minimum absolute atomic E-state index is 0.0313. The first-order valence-electron chi connectivity index (χ1n) is 8.04. The zero-order valence-corrected chi connectivity index (χ0v) is 13.1. The van der Waals surface area contributed by atoms with Crippen molar-refractivity contribution in [3.05, 3.63) is 29.8 Å². The normalized spacial score (nSPS) is 15.6. The lowest BCUT2D eigenvalue weighted by molar-refractivity contribution is 0.0950. The molecule has 0 heterocycles. The second-order valence-electron chi connectivity index (χ2n) is 5.84. The van der Waals surface area contributed by atoms with Crippen LogP contribution in [0.5, 0.6) is 0 Å². The van der Waals surface area contributed by atoms with E-state index in [2.05, 4.69) is 24.1 Å². The van der Waals surface area contributed by atoms with Crippen molar-refractivity contribution in [1.82, 2.24) is 5.32 Å². The number of anilines is 1. The van der Waals surface area contributed by atoms with E-state index in [1.54, 1.807) is 0 Å². The van der Waals surface area contributed by atoms with Gasteiger partial charge in [0.1, 0.15) is 0 Å². The summed E-state index contributed by atoms with van der Waals surface area (Å²) in [5.41, 5.74) is 7.87. The molecular weight excluding hydrogens is 262 g/mol. The molecule has 1 aromatic carbocycles. The van der Waals surface area contributed by atoms with Crippen molar-refractivity contribution in [1.29, 1.82) is 0 Å². The zero-order valence-electron chi connectivity index (χ0n) is 13.1. The topological polar surface area (TPSA) is 58.4 Å². The maximum atomic E-state index is 12.1. The van der Waals surface area contributed by atoms with Crippen molar-refractivity contribution in [2.24, 2.45) is 11.7 Å². The number of carbonyl (C=O) groups excluding carboxylic acids is 1. The fraction of sp³-hybridized carbons (Fsp3) is 0.588. The molecule has 0 radical (unpaired) electrons. The average molecular weight is 289 g/mol. The third-order valence-corrected chi connectivity index (χ3v) is 4.10. The van der Waals surface area contributed by atoms with Gasteiger partial charge in [-0.15, -0.1) is 0 Å². The van der Waals surface area contributed by atoms with E-state index in [1.165, 1.54) is 18.5 Å². The summed E-state index contributed by atoms with van der Waals surface area (Å²) in [7, 11) is 0. The molecule has 0 bridgehead atoms. The van der Waals surface area contributed by atoms with Gasteiger partial charge in [-0.25, -0.2) is 0 Å². The molecular formula is C17H27N3O. The molecule has 1 saturated carbocycles. The van der Waals surface area contributed by atoms with Gasteiger partial charge < -0.3 is 16.0 Å². The molecule has 1 aliphatic carbocycles. The first kappa shape index (κ1) is 15.8. The Kier molecular flexibility index (Phi) is 5.62. The predicted molar refractivity (Wildman–Crippen MR) is 87.7 cm³/mol. The Morgan fingerprint density at radius 2 is 2.00 bits per heavy atom. The lowest BCUT2D eigenvalue weighted by atomic mass is 10.1. The molecule has 4 heteroatoms. The number of rotatable bonds is 8. The van der Waals surface area contributed by atoms with Crippen LogP contribution in [0.15, 0.2) is 24.3 Å². The smallest absolute Gasteiger partial charge is 0.251 e. The number of nitrogens with two attached hydrogens (primary N) is 1. The van der Waals surface area contributed by atoms with Crippen molar-refractivity contribution in [2.75, 3.05) is 24.5 Å². The number of hydrogen-bond acceptors (Lipinski definition) is 3. The third-order valence-electron chi connectivity index (χ3n) is 4.10. The second kappa shape index (κ2) is 7.46. The fourth-order valence-electron chi connectivity index (χ4n) is 2.57. The minimum atomic E-state index is -0.0313. The molecule has 116 valence electrons. The van der Waals surface area contributed by atoms with Gasteiger partial charge >= 0.3 is 0 Å². The monoisotopic (exact) mass is 289 g/mol. The van der Waals surface area contributed by atoms with E-state index in [0.29, 0.717) is 18.0 Å². The third kappa shape index (κ3) is 4.46. The second-order valence-corrected chi connectivity index (χ2v) is 5.84. The quantitative estimate of drug-likeness (QED) is 0.772. The summed E-state index contributed by atoms with van der Waals surface area (Å²) in [6, 6.07) is 7.94. The Balaban J connectivity index is 1.89. The number of nitrogens with one attached hydrogen (secondary N) is 1. The van der Waals surface area contributed by atoms with Gasteiger partial charge in [-0.3, -0.25) is 4.79 Å². The lowest BCUT2D eigenvalue weighted by Gasteiger charge is -2.22. The number of benzene rings is 1. The summed E-state index contributed by atoms with van der Waals surface area (Å²) in [5, 5.41) is 2.93. The van der Waals surface area contributed by atoms with Crippen LogP contribution in [0, 0.1) is 5.92 Å². The lowest BCUT2D eigenvalue weighted by Crippen LogP contribution is -2.38. The highest BCUT2D eigenvalue weighted by Crippen LogP contribution is 2.31. The number of amides is 1. The average Bonchev–Trinajstić information content (AvgIpc) is 3.35. The molecule has 1 amide bonds. The maximum absolute atomic E-state index is 12.1. The highest BCUT2D eigenvalue weighted by Gasteiger charge is 2.28. The van der Waals surface area contributed by atoms with E-state index in [9.17, 15) is 4.79 Å². The predicted octanol–water partition coefficient (Wildman–Crippen LogP) is 2.39. The summed E-state index contributed by atoms with van der Waals surface area (Å²) >= 11 is 0. The van der Waals surface area contributed by atoms with Gasteiger partial charge in [-0.05, 0) is 56.4 Å². The highest BCUT2D eigenvalue weighted by molar-refractivity contribution is 5.94. The van der Waals surface area contributed by atoms with Crippen LogP contribution in [0.2, 0.25) is 0 Å². The Morgan fingerprint density at radius 3 is 2.52 bits per heavy atom. The Hall–Kier alpha value is -1.55. The van der Waals surface area contributed by atoms with Crippen LogP contribution in [0.3, 0.4) is 0 Å². The molecule has 1 atom stereocenters. The van der Waals surface area contributed by atoms with E-state index in [0.717, 1.165) is 19.5 Å². The molecule has 0 aromatic heterocycles. The molecule has 1 unspecified atom stereocenters. The van der Waals surface area contributed by atoms with E-state index in [1.807, 2.05) is 24.3 Å². The highest BCUT2D eigenvalue weighted by atomic mass is 16.1. The molecule has 2 rings (SSSR count). The summed E-state index contributed by atoms with van der Waals surface area (Å²) in [4.78, 5) is 14.4. The Bertz CT molecular complexity index is 454. The van der Waals surface area contributed by atoms with E-state index < -0.39 is 0 Å². The molecule has 0 spiro atoms. The molecule has 4 nitrogen and oxygen atoms in total. The summed E-state index contributed by atoms with van der Waals surface area (Å²) in [6.07, 6.45) is 3.53. The van der Waals surface area contributed by atoms with E-state index >= 15 is 0 Å². The van der Waals surface area contributed by atoms with Crippen LogP contribution in [0.1, 0.15) is 43.5 Å². The molecule has 1 aromatic rings. The van der Waals surface area contributed by atoms with Crippen molar-refractivity contribution in [3.8, 4) is 0 Å². The SMILES string of the molecule is CCCN(CC)c1ccc(C(=O)NCC(N)C2CC2)cc1.